The number of nitrogens with one attached hydrogen (secondary N) is 2. The van der Waals surface area contributed by atoms with Crippen LogP contribution in [-0.2, 0) is 19.4 Å². The first kappa shape index (κ1) is 20.9. The van der Waals surface area contributed by atoms with Crippen LogP contribution in [0, 0.1) is 17.2 Å². The van der Waals surface area contributed by atoms with E-state index in [0.717, 1.165) is 4.90 Å². The normalized spacial score (nSPS) is 16.1. The van der Waals surface area contributed by atoms with E-state index in [0.29, 0.717) is 22.7 Å². The summed E-state index contributed by atoms with van der Waals surface area (Å²) < 4.78 is 25.3. The second kappa shape index (κ2) is 8.68. The predicted octanol–water partition coefficient (Wildman–Crippen LogP) is 3.04. The average molecular weight is 430 g/mol. The van der Waals surface area contributed by atoms with Gasteiger partial charge in [0, 0.05) is 28.7 Å². The van der Waals surface area contributed by atoms with Crippen LogP contribution in [-0.4, -0.2) is 31.7 Å². The van der Waals surface area contributed by atoms with Crippen LogP contribution in [0.4, 0.5) is 11.4 Å². The number of thioether (sulfide) groups is 1. The molecule has 1 aliphatic heterocycles. The van der Waals surface area contributed by atoms with Crippen LogP contribution in [0.15, 0.2) is 52.3 Å². The van der Waals surface area contributed by atoms with Crippen molar-refractivity contribution in [2.75, 3.05) is 22.1 Å². The summed E-state index contributed by atoms with van der Waals surface area (Å²) in [6, 6.07) is 12.9. The fourth-order valence-corrected chi connectivity index (χ4v) is 4.94. The molecule has 0 saturated heterocycles. The summed E-state index contributed by atoms with van der Waals surface area (Å²) >= 11 is 1.50. The maximum Gasteiger partial charge on any atom is 0.228 e. The summed E-state index contributed by atoms with van der Waals surface area (Å²) in [5, 5.41) is 14.2. The van der Waals surface area contributed by atoms with Crippen molar-refractivity contribution in [1.82, 2.24) is 0 Å². The molecule has 2 aromatic rings. The summed E-state index contributed by atoms with van der Waals surface area (Å²) in [5.41, 5.74) is 1.44. The number of fused-ring (bicyclic) bond motifs is 1. The van der Waals surface area contributed by atoms with Crippen molar-refractivity contribution in [1.29, 1.82) is 5.26 Å². The van der Waals surface area contributed by atoms with Gasteiger partial charge in [0.25, 0.3) is 0 Å². The second-order valence-corrected chi connectivity index (χ2v) is 9.84. The Morgan fingerprint density at radius 3 is 2.69 bits per heavy atom. The minimum atomic E-state index is -3.70. The molecule has 0 aliphatic carbocycles. The van der Waals surface area contributed by atoms with Gasteiger partial charge in [0.1, 0.15) is 0 Å². The first-order valence-electron chi connectivity index (χ1n) is 8.89. The molecule has 7 nitrogen and oxygen atoms in total. The molecule has 29 heavy (non-hydrogen) atoms. The lowest BCUT2D eigenvalue weighted by molar-refractivity contribution is -0.118. The Kier molecular flexibility index (Phi) is 6.25. The lowest BCUT2D eigenvalue weighted by Crippen LogP contribution is -2.20. The van der Waals surface area contributed by atoms with Crippen molar-refractivity contribution in [2.45, 2.75) is 23.1 Å². The molecule has 0 radical (unpaired) electrons. The van der Waals surface area contributed by atoms with Crippen molar-refractivity contribution in [3.05, 3.63) is 48.0 Å². The Bertz CT molecular complexity index is 1090. The Morgan fingerprint density at radius 1 is 1.28 bits per heavy atom. The molecule has 1 atom stereocenters. The highest BCUT2D eigenvalue weighted by Gasteiger charge is 2.23. The number of benzene rings is 2. The number of hydrogen-bond donors (Lipinski definition) is 2. The first-order chi connectivity index (χ1) is 13.8. The van der Waals surface area contributed by atoms with E-state index in [2.05, 4.69) is 10.6 Å². The maximum atomic E-state index is 12.7. The van der Waals surface area contributed by atoms with E-state index in [4.69, 9.17) is 5.26 Å². The Morgan fingerprint density at radius 2 is 2.00 bits per heavy atom. The van der Waals surface area contributed by atoms with Gasteiger partial charge in [-0.1, -0.05) is 6.92 Å². The summed E-state index contributed by atoms with van der Waals surface area (Å²) in [6.07, 6.45) is -0.211. The highest BCUT2D eigenvalue weighted by molar-refractivity contribution is 7.99. The third-order valence-corrected chi connectivity index (χ3v) is 7.45. The zero-order chi connectivity index (χ0) is 21.0. The van der Waals surface area contributed by atoms with Gasteiger partial charge >= 0.3 is 0 Å². The number of anilines is 2. The zero-order valence-corrected chi connectivity index (χ0v) is 17.3. The van der Waals surface area contributed by atoms with Gasteiger partial charge < -0.3 is 10.6 Å². The van der Waals surface area contributed by atoms with E-state index < -0.39 is 15.7 Å². The van der Waals surface area contributed by atoms with Gasteiger partial charge in [0.05, 0.1) is 28.0 Å². The molecule has 150 valence electrons. The van der Waals surface area contributed by atoms with Crippen LogP contribution >= 0.6 is 11.8 Å². The molecule has 2 amide bonds. The van der Waals surface area contributed by atoms with Gasteiger partial charge in [0.15, 0.2) is 9.84 Å². The summed E-state index contributed by atoms with van der Waals surface area (Å²) in [4.78, 5) is 25.0. The number of carbonyl (C=O) groups excluding carboxylic acids is 2. The van der Waals surface area contributed by atoms with Gasteiger partial charge in [-0.05, 0) is 42.5 Å². The van der Waals surface area contributed by atoms with Gasteiger partial charge in [-0.25, -0.2) is 8.42 Å². The quantitative estimate of drug-likeness (QED) is 0.755. The number of nitrogens with zero attached hydrogens (tertiary/aromatic N) is 1. The van der Waals surface area contributed by atoms with Crippen LogP contribution in [0.2, 0.25) is 0 Å². The summed E-state index contributed by atoms with van der Waals surface area (Å²) in [6.45, 7) is 1.82. The Balaban J connectivity index is 1.66. The Hall–Kier alpha value is -2.83. The summed E-state index contributed by atoms with van der Waals surface area (Å²) in [7, 11) is -3.70. The maximum absolute atomic E-state index is 12.7. The number of carbonyl (C=O) groups is 2. The fourth-order valence-electron chi connectivity index (χ4n) is 2.67. The number of hydrogen-bond acceptors (Lipinski definition) is 6. The first-order valence-corrected chi connectivity index (χ1v) is 11.5. The van der Waals surface area contributed by atoms with Crippen LogP contribution in [0.5, 0.6) is 0 Å². The van der Waals surface area contributed by atoms with Crippen LogP contribution in [0.3, 0.4) is 0 Å². The Labute approximate surface area is 173 Å². The van der Waals surface area contributed by atoms with Gasteiger partial charge in [0.2, 0.25) is 11.8 Å². The molecule has 0 saturated carbocycles. The van der Waals surface area contributed by atoms with Gasteiger partial charge in [-0.2, -0.15) is 5.26 Å². The van der Waals surface area contributed by atoms with E-state index in [1.165, 1.54) is 23.9 Å². The lowest BCUT2D eigenvalue weighted by Gasteiger charge is -2.10. The molecule has 2 aromatic carbocycles. The fraction of sp³-hybridized carbons (Fsp3) is 0.250. The van der Waals surface area contributed by atoms with E-state index in [-0.39, 0.29) is 28.9 Å². The van der Waals surface area contributed by atoms with Crippen molar-refractivity contribution < 1.29 is 18.0 Å². The minimum Gasteiger partial charge on any atom is -0.326 e. The standard InChI is InChI=1S/C20H19N3O4S2/c1-13-12-28-18-7-6-16(10-17(18)23-20(13)25)29(26,27)9-8-19(24)22-15-4-2-14(11-21)3-5-15/h2-7,10,13H,8-9,12H2,1H3,(H,22,24)(H,23,25)/t13-/m1/s1. The van der Waals surface area contributed by atoms with Crippen LogP contribution < -0.4 is 10.6 Å². The molecule has 1 heterocycles. The number of amides is 2. The molecule has 2 N–H and O–H groups in total. The lowest BCUT2D eigenvalue weighted by atomic mass is 10.2. The predicted molar refractivity (Wildman–Crippen MR) is 111 cm³/mol. The van der Waals surface area contributed by atoms with E-state index in [9.17, 15) is 18.0 Å². The third kappa shape index (κ3) is 5.16. The van der Waals surface area contributed by atoms with E-state index in [1.54, 1.807) is 30.3 Å². The third-order valence-electron chi connectivity index (χ3n) is 4.40. The van der Waals surface area contributed by atoms with Crippen LogP contribution in [0.25, 0.3) is 0 Å². The molecule has 0 bridgehead atoms. The SMILES string of the molecule is C[C@@H]1CSc2ccc(S(=O)(=O)CCC(=O)Nc3ccc(C#N)cc3)cc2NC1=O. The van der Waals surface area contributed by atoms with Gasteiger partial charge in [-0.15, -0.1) is 11.8 Å². The van der Waals surface area contributed by atoms with Crippen LogP contribution in [0.1, 0.15) is 18.9 Å². The monoisotopic (exact) mass is 429 g/mol. The van der Waals surface area contributed by atoms with Crippen molar-refractivity contribution in [3.63, 3.8) is 0 Å². The number of nitriles is 1. The number of sulfone groups is 1. The molecule has 0 spiro atoms. The van der Waals surface area contributed by atoms with Crippen molar-refractivity contribution in [2.24, 2.45) is 5.92 Å². The van der Waals surface area contributed by atoms with Crippen molar-refractivity contribution in [3.8, 4) is 6.07 Å². The average Bonchev–Trinajstić information content (AvgIpc) is 2.85. The molecule has 0 fully saturated rings. The van der Waals surface area contributed by atoms with Crippen molar-refractivity contribution >= 4 is 44.8 Å². The highest BCUT2D eigenvalue weighted by atomic mass is 32.2. The minimum absolute atomic E-state index is 0.0675. The topological polar surface area (TPSA) is 116 Å². The molecule has 0 aromatic heterocycles. The summed E-state index contributed by atoms with van der Waals surface area (Å²) in [5.74, 6) is -0.483. The number of rotatable bonds is 5. The van der Waals surface area contributed by atoms with E-state index >= 15 is 0 Å². The molecular formula is C20H19N3O4S2. The molecular weight excluding hydrogens is 410 g/mol. The highest BCUT2D eigenvalue weighted by Crippen LogP contribution is 2.34. The molecule has 1 aliphatic rings. The molecule has 9 heteroatoms. The largest absolute Gasteiger partial charge is 0.326 e. The second-order valence-electron chi connectivity index (χ2n) is 6.67. The van der Waals surface area contributed by atoms with Gasteiger partial charge in [-0.3, -0.25) is 9.59 Å². The molecule has 0 unspecified atom stereocenters. The van der Waals surface area contributed by atoms with E-state index in [1.807, 2.05) is 13.0 Å². The molecule has 3 rings (SSSR count). The smallest absolute Gasteiger partial charge is 0.228 e. The zero-order valence-electron chi connectivity index (χ0n) is 15.6.